The maximum atomic E-state index is 13.5. The zero-order valence-corrected chi connectivity index (χ0v) is 25.7. The Hall–Kier alpha value is -1.39. The molecule has 10 atom stereocenters. The Morgan fingerprint density at radius 1 is 0.897 bits per heavy atom. The Balaban J connectivity index is 1.43. The van der Waals surface area contributed by atoms with Gasteiger partial charge in [0, 0.05) is 18.3 Å². The normalized spacial score (nSPS) is 42.6. The third-order valence-electron chi connectivity index (χ3n) is 13.1. The highest BCUT2D eigenvalue weighted by Gasteiger charge is 2.86. The minimum atomic E-state index is -1.43. The average Bonchev–Trinajstić information content (AvgIpc) is 3.49. The number of esters is 2. The van der Waals surface area contributed by atoms with Crippen LogP contribution in [0.25, 0.3) is 0 Å². The summed E-state index contributed by atoms with van der Waals surface area (Å²) in [5, 5.41) is 0. The Morgan fingerprint density at radius 3 is 2.18 bits per heavy atom. The number of hydrogen-bond donors (Lipinski definition) is 0. The number of fused-ring (bicyclic) bond motifs is 7. The second kappa shape index (κ2) is 10.5. The average molecular weight is 543 g/mol. The van der Waals surface area contributed by atoms with Gasteiger partial charge in [0.05, 0.1) is 13.2 Å². The van der Waals surface area contributed by atoms with Crippen LogP contribution in [0.5, 0.6) is 0 Å². The lowest BCUT2D eigenvalue weighted by molar-refractivity contribution is -0.169. The predicted molar refractivity (Wildman–Crippen MR) is 152 cm³/mol. The molecule has 5 rings (SSSR count). The molecule has 39 heavy (non-hydrogen) atoms. The van der Waals surface area contributed by atoms with Gasteiger partial charge in [0.25, 0.3) is 0 Å². The van der Waals surface area contributed by atoms with Gasteiger partial charge in [-0.05, 0) is 105 Å². The van der Waals surface area contributed by atoms with Gasteiger partial charge in [0.2, 0.25) is 0 Å². The number of carbonyl (C=O) groups excluding carboxylic acids is 3. The van der Waals surface area contributed by atoms with Crippen LogP contribution in [0.3, 0.4) is 0 Å². The summed E-state index contributed by atoms with van der Waals surface area (Å²) in [4.78, 5) is 40.6. The molecule has 220 valence electrons. The van der Waals surface area contributed by atoms with Crippen molar-refractivity contribution in [2.24, 2.45) is 69.5 Å². The van der Waals surface area contributed by atoms with Gasteiger partial charge in [-0.3, -0.25) is 14.4 Å². The maximum Gasteiger partial charge on any atom is 0.324 e. The number of carbonyl (C=O) groups is 3. The molecule has 0 bridgehead atoms. The van der Waals surface area contributed by atoms with Gasteiger partial charge in [-0.2, -0.15) is 0 Å². The SMILES string of the molecule is CCOC(=O)C1(C(=O)OCC)C2C(=O)CC3CCC4C5CCC(C(C)CCCC(C)C)C5(C)CCC4C3(C)C21. The van der Waals surface area contributed by atoms with Crippen LogP contribution >= 0.6 is 0 Å². The fraction of sp³-hybridized carbons (Fsp3) is 0.912. The second-order valence-corrected chi connectivity index (χ2v) is 15.0. The van der Waals surface area contributed by atoms with Gasteiger partial charge in [-0.15, -0.1) is 0 Å². The molecule has 5 nitrogen and oxygen atoms in total. The quantitative estimate of drug-likeness (QED) is 0.227. The van der Waals surface area contributed by atoms with Crippen molar-refractivity contribution in [3.05, 3.63) is 0 Å². The Kier molecular flexibility index (Phi) is 7.81. The van der Waals surface area contributed by atoms with E-state index in [1.807, 2.05) is 0 Å². The number of Topliss-reactive ketones (excluding diaryl/α,β-unsaturated/α-hetero) is 1. The van der Waals surface area contributed by atoms with Gasteiger partial charge in [0.1, 0.15) is 5.78 Å². The van der Waals surface area contributed by atoms with Gasteiger partial charge >= 0.3 is 11.9 Å². The maximum absolute atomic E-state index is 13.5. The van der Waals surface area contributed by atoms with Gasteiger partial charge in [-0.25, -0.2) is 0 Å². The van der Waals surface area contributed by atoms with Crippen LogP contribution in [-0.2, 0) is 23.9 Å². The molecule has 0 aromatic carbocycles. The molecule has 0 radical (unpaired) electrons. The van der Waals surface area contributed by atoms with Crippen molar-refractivity contribution in [2.75, 3.05) is 13.2 Å². The van der Waals surface area contributed by atoms with Gasteiger partial charge in [-0.1, -0.05) is 53.9 Å². The van der Waals surface area contributed by atoms with Crippen LogP contribution in [-0.4, -0.2) is 30.9 Å². The van der Waals surface area contributed by atoms with E-state index in [1.165, 1.54) is 44.9 Å². The molecule has 0 heterocycles. The van der Waals surface area contributed by atoms with E-state index in [4.69, 9.17) is 9.47 Å². The molecule has 0 spiro atoms. The highest BCUT2D eigenvalue weighted by molar-refractivity contribution is 6.11. The lowest BCUT2D eigenvalue weighted by atomic mass is 9.44. The molecule has 5 fully saturated rings. The zero-order chi connectivity index (χ0) is 28.3. The molecule has 5 aliphatic carbocycles. The van der Waals surface area contributed by atoms with E-state index >= 15 is 0 Å². The standard InChI is InChI=1S/C34H54O5/c1-8-38-30(36)34(31(37)39-9-2)28-27(35)19-22-13-14-23-25-16-15-24(21(5)12-10-11-20(3)4)32(25,6)18-17-26(23)33(22,7)29(28)34/h20-26,28-29H,8-19H2,1-7H3. The summed E-state index contributed by atoms with van der Waals surface area (Å²) in [6, 6.07) is 0. The van der Waals surface area contributed by atoms with Gasteiger partial charge < -0.3 is 9.47 Å². The van der Waals surface area contributed by atoms with Crippen molar-refractivity contribution in [2.45, 2.75) is 113 Å². The minimum absolute atomic E-state index is 0.0823. The third kappa shape index (κ3) is 4.17. The first-order valence-corrected chi connectivity index (χ1v) is 16.4. The lowest BCUT2D eigenvalue weighted by Gasteiger charge is -2.60. The summed E-state index contributed by atoms with van der Waals surface area (Å²) in [6.45, 7) is 16.1. The summed E-state index contributed by atoms with van der Waals surface area (Å²) < 4.78 is 11.0. The summed E-state index contributed by atoms with van der Waals surface area (Å²) in [6.07, 6.45) is 11.8. The number of ether oxygens (including phenoxy) is 2. The topological polar surface area (TPSA) is 69.7 Å². The van der Waals surface area contributed by atoms with Crippen molar-refractivity contribution in [3.8, 4) is 0 Å². The van der Waals surface area contributed by atoms with Crippen LogP contribution < -0.4 is 0 Å². The van der Waals surface area contributed by atoms with Crippen molar-refractivity contribution >= 4 is 17.7 Å². The molecule has 0 saturated heterocycles. The minimum Gasteiger partial charge on any atom is -0.465 e. The summed E-state index contributed by atoms with van der Waals surface area (Å²) in [5.74, 6) is 2.56. The van der Waals surface area contributed by atoms with Crippen molar-refractivity contribution in [1.82, 2.24) is 0 Å². The first-order valence-electron chi connectivity index (χ1n) is 16.4. The van der Waals surface area contributed by atoms with Crippen LogP contribution in [0.2, 0.25) is 0 Å². The van der Waals surface area contributed by atoms with Crippen molar-refractivity contribution < 1.29 is 23.9 Å². The molecular formula is C34H54O5. The fourth-order valence-electron chi connectivity index (χ4n) is 11.4. The van der Waals surface area contributed by atoms with E-state index in [2.05, 4.69) is 34.6 Å². The number of ketones is 1. The molecule has 0 N–H and O–H groups in total. The molecule has 5 aliphatic rings. The van der Waals surface area contributed by atoms with E-state index in [-0.39, 0.29) is 36.2 Å². The van der Waals surface area contributed by atoms with Crippen LogP contribution in [0.1, 0.15) is 113 Å². The van der Waals surface area contributed by atoms with E-state index in [0.717, 1.165) is 30.6 Å². The monoisotopic (exact) mass is 542 g/mol. The molecular weight excluding hydrogens is 488 g/mol. The molecule has 5 heteroatoms. The Bertz CT molecular complexity index is 953. The molecule has 0 aromatic heterocycles. The first-order chi connectivity index (χ1) is 18.5. The van der Waals surface area contributed by atoms with Crippen LogP contribution in [0.15, 0.2) is 0 Å². The van der Waals surface area contributed by atoms with E-state index in [9.17, 15) is 14.4 Å². The molecule has 10 unspecified atom stereocenters. The Labute approximate surface area is 236 Å². The third-order valence-corrected chi connectivity index (χ3v) is 13.1. The first kappa shape index (κ1) is 29.1. The zero-order valence-electron chi connectivity index (χ0n) is 25.7. The smallest absolute Gasteiger partial charge is 0.324 e. The summed E-state index contributed by atoms with van der Waals surface area (Å²) >= 11 is 0. The fourth-order valence-corrected chi connectivity index (χ4v) is 11.4. The Morgan fingerprint density at radius 2 is 1.56 bits per heavy atom. The number of hydrogen-bond acceptors (Lipinski definition) is 5. The number of rotatable bonds is 9. The highest BCUT2D eigenvalue weighted by atomic mass is 16.6. The van der Waals surface area contributed by atoms with E-state index in [1.54, 1.807) is 13.8 Å². The highest BCUT2D eigenvalue weighted by Crippen LogP contribution is 2.79. The van der Waals surface area contributed by atoms with E-state index < -0.39 is 23.3 Å². The van der Waals surface area contributed by atoms with E-state index in [0.29, 0.717) is 29.6 Å². The largest absolute Gasteiger partial charge is 0.465 e. The molecule has 0 aromatic rings. The second-order valence-electron chi connectivity index (χ2n) is 15.0. The molecule has 0 aliphatic heterocycles. The molecule has 5 saturated carbocycles. The summed E-state index contributed by atoms with van der Waals surface area (Å²) in [5.41, 5.74) is -1.25. The lowest BCUT2D eigenvalue weighted by Crippen LogP contribution is -2.55. The predicted octanol–water partition coefficient (Wildman–Crippen LogP) is 7.26. The summed E-state index contributed by atoms with van der Waals surface area (Å²) in [7, 11) is 0. The van der Waals surface area contributed by atoms with Gasteiger partial charge in [0.15, 0.2) is 5.41 Å². The van der Waals surface area contributed by atoms with Crippen molar-refractivity contribution in [3.63, 3.8) is 0 Å². The molecule has 0 amide bonds. The van der Waals surface area contributed by atoms with Crippen molar-refractivity contribution in [1.29, 1.82) is 0 Å². The van der Waals surface area contributed by atoms with Crippen LogP contribution in [0, 0.1) is 69.5 Å². The van der Waals surface area contributed by atoms with Crippen LogP contribution in [0.4, 0.5) is 0 Å².